The molecule has 1 fully saturated rings. The minimum Gasteiger partial charge on any atom is -0.358 e. The summed E-state index contributed by atoms with van der Waals surface area (Å²) in [6, 6.07) is 4.38. The van der Waals surface area contributed by atoms with Gasteiger partial charge in [-0.15, -0.1) is 0 Å². The number of hydrogen-bond donors (Lipinski definition) is 1. The first-order valence-electron chi connectivity index (χ1n) is 8.37. The van der Waals surface area contributed by atoms with Crippen molar-refractivity contribution in [3.63, 3.8) is 0 Å². The van der Waals surface area contributed by atoms with Crippen LogP contribution in [0.25, 0.3) is 0 Å². The molecule has 2 amide bonds. The van der Waals surface area contributed by atoms with Crippen molar-refractivity contribution in [3.8, 4) is 0 Å². The summed E-state index contributed by atoms with van der Waals surface area (Å²) >= 11 is 5.96. The third kappa shape index (κ3) is 5.17. The second kappa shape index (κ2) is 8.81. The third-order valence-corrected chi connectivity index (χ3v) is 7.07. The molecule has 1 aliphatic heterocycles. The van der Waals surface area contributed by atoms with E-state index < -0.39 is 32.6 Å². The lowest BCUT2D eigenvalue weighted by molar-refractivity contribution is -0.132. The molecule has 2 rings (SSSR count). The van der Waals surface area contributed by atoms with Gasteiger partial charge in [0.1, 0.15) is 11.6 Å². The number of piperidine rings is 1. The molecular formula is C17H22ClFN2O4S. The van der Waals surface area contributed by atoms with Gasteiger partial charge in [-0.1, -0.05) is 17.7 Å². The maximum absolute atomic E-state index is 13.8. The highest BCUT2D eigenvalue weighted by atomic mass is 35.5. The highest BCUT2D eigenvalue weighted by Gasteiger charge is 2.32. The van der Waals surface area contributed by atoms with Crippen LogP contribution in [0.3, 0.4) is 0 Å². The standard InChI is InChI=1S/C17H22ClFN2O4S/c1-20-16(22)11-26(24,25)12-7-9-21(10-8-12)17(23)6-5-13-14(18)3-2-4-15(13)19/h2-4,12H,5-11H2,1H3,(H,20,22). The molecule has 1 aliphatic rings. The van der Waals surface area contributed by atoms with Gasteiger partial charge in [-0.25, -0.2) is 12.8 Å². The van der Waals surface area contributed by atoms with Crippen LogP contribution >= 0.6 is 11.6 Å². The number of amides is 2. The number of benzene rings is 1. The smallest absolute Gasteiger partial charge is 0.234 e. The molecule has 0 bridgehead atoms. The molecule has 0 radical (unpaired) electrons. The van der Waals surface area contributed by atoms with E-state index in [1.807, 2.05) is 0 Å². The average molecular weight is 405 g/mol. The number of carbonyl (C=O) groups is 2. The van der Waals surface area contributed by atoms with E-state index in [-0.39, 0.29) is 23.8 Å². The maximum Gasteiger partial charge on any atom is 0.234 e. The number of nitrogens with zero attached hydrogens (tertiary/aromatic N) is 1. The van der Waals surface area contributed by atoms with Crippen LogP contribution in [0.2, 0.25) is 5.02 Å². The molecule has 0 saturated carbocycles. The van der Waals surface area contributed by atoms with Crippen LogP contribution in [0, 0.1) is 5.82 Å². The van der Waals surface area contributed by atoms with E-state index in [0.717, 1.165) is 0 Å². The fraction of sp³-hybridized carbons (Fsp3) is 0.529. The van der Waals surface area contributed by atoms with Crippen LogP contribution in [0.15, 0.2) is 18.2 Å². The van der Waals surface area contributed by atoms with Crippen molar-refractivity contribution >= 4 is 33.3 Å². The Morgan fingerprint density at radius 2 is 1.96 bits per heavy atom. The summed E-state index contributed by atoms with van der Waals surface area (Å²) in [7, 11) is -2.14. The quantitative estimate of drug-likeness (QED) is 0.780. The Labute approximate surface area is 157 Å². The monoisotopic (exact) mass is 404 g/mol. The Kier molecular flexibility index (Phi) is 7.00. The summed E-state index contributed by atoms with van der Waals surface area (Å²) in [6.07, 6.45) is 0.895. The summed E-state index contributed by atoms with van der Waals surface area (Å²) in [4.78, 5) is 25.2. The highest BCUT2D eigenvalue weighted by Crippen LogP contribution is 2.22. The first-order chi connectivity index (χ1) is 12.2. The Morgan fingerprint density at radius 3 is 2.54 bits per heavy atom. The molecule has 1 aromatic rings. The van der Waals surface area contributed by atoms with Crippen molar-refractivity contribution in [3.05, 3.63) is 34.6 Å². The molecule has 26 heavy (non-hydrogen) atoms. The second-order valence-corrected chi connectivity index (χ2v) is 8.95. The van der Waals surface area contributed by atoms with Crippen molar-refractivity contribution in [1.29, 1.82) is 0 Å². The van der Waals surface area contributed by atoms with E-state index in [4.69, 9.17) is 11.6 Å². The van der Waals surface area contributed by atoms with Gasteiger partial charge in [0, 0.05) is 37.1 Å². The largest absolute Gasteiger partial charge is 0.358 e. The molecule has 9 heteroatoms. The zero-order valence-electron chi connectivity index (χ0n) is 14.5. The summed E-state index contributed by atoms with van der Waals surface area (Å²) in [6.45, 7) is 0.614. The molecule has 0 spiro atoms. The normalized spacial score (nSPS) is 15.7. The lowest BCUT2D eigenvalue weighted by atomic mass is 10.1. The molecule has 6 nitrogen and oxygen atoms in total. The number of rotatable bonds is 6. The molecule has 0 unspecified atom stereocenters. The van der Waals surface area contributed by atoms with Gasteiger partial charge in [0.05, 0.1) is 5.25 Å². The van der Waals surface area contributed by atoms with Gasteiger partial charge in [-0.05, 0) is 31.4 Å². The van der Waals surface area contributed by atoms with Crippen LogP contribution in [0.4, 0.5) is 4.39 Å². The number of sulfone groups is 1. The molecule has 1 heterocycles. The van der Waals surface area contributed by atoms with Crippen LogP contribution in [-0.2, 0) is 25.8 Å². The predicted octanol–water partition coefficient (Wildman–Crippen LogP) is 1.56. The van der Waals surface area contributed by atoms with Gasteiger partial charge in [0.25, 0.3) is 0 Å². The van der Waals surface area contributed by atoms with Gasteiger partial charge >= 0.3 is 0 Å². The summed E-state index contributed by atoms with van der Waals surface area (Å²) in [5.74, 6) is -1.67. The Balaban J connectivity index is 1.87. The topological polar surface area (TPSA) is 83.6 Å². The van der Waals surface area contributed by atoms with E-state index in [1.165, 1.54) is 19.2 Å². The molecule has 1 aromatic carbocycles. The number of halogens is 2. The lowest BCUT2D eigenvalue weighted by Gasteiger charge is -2.31. The number of likely N-dealkylation sites (tertiary alicyclic amines) is 1. The summed E-state index contributed by atoms with van der Waals surface area (Å²) < 4.78 is 38.1. The van der Waals surface area contributed by atoms with Crippen molar-refractivity contribution in [2.75, 3.05) is 25.9 Å². The fourth-order valence-corrected chi connectivity index (χ4v) is 4.93. The van der Waals surface area contributed by atoms with Crippen molar-refractivity contribution in [2.24, 2.45) is 0 Å². The van der Waals surface area contributed by atoms with Crippen molar-refractivity contribution in [1.82, 2.24) is 10.2 Å². The molecule has 0 aromatic heterocycles. The van der Waals surface area contributed by atoms with Gasteiger partial charge in [0.2, 0.25) is 11.8 Å². The first-order valence-corrected chi connectivity index (χ1v) is 10.5. The number of nitrogens with one attached hydrogen (secondary N) is 1. The number of hydrogen-bond acceptors (Lipinski definition) is 4. The van der Waals surface area contributed by atoms with Gasteiger partial charge in [-0.2, -0.15) is 0 Å². The Morgan fingerprint density at radius 1 is 1.31 bits per heavy atom. The van der Waals surface area contributed by atoms with Crippen LogP contribution < -0.4 is 5.32 Å². The molecule has 0 atom stereocenters. The van der Waals surface area contributed by atoms with E-state index in [9.17, 15) is 22.4 Å². The lowest BCUT2D eigenvalue weighted by Crippen LogP contribution is -2.44. The Bertz CT molecular complexity index is 757. The van der Waals surface area contributed by atoms with Crippen molar-refractivity contribution in [2.45, 2.75) is 30.9 Å². The van der Waals surface area contributed by atoms with E-state index in [0.29, 0.717) is 31.5 Å². The van der Waals surface area contributed by atoms with Gasteiger partial charge in [-0.3, -0.25) is 9.59 Å². The SMILES string of the molecule is CNC(=O)CS(=O)(=O)C1CCN(C(=O)CCc2c(F)cccc2Cl)CC1. The molecule has 144 valence electrons. The Hall–Kier alpha value is -1.67. The maximum atomic E-state index is 13.8. The van der Waals surface area contributed by atoms with Crippen LogP contribution in [0.1, 0.15) is 24.8 Å². The van der Waals surface area contributed by atoms with Gasteiger partial charge in [0.15, 0.2) is 9.84 Å². The second-order valence-electron chi connectivity index (χ2n) is 6.26. The van der Waals surface area contributed by atoms with Gasteiger partial charge < -0.3 is 10.2 Å². The summed E-state index contributed by atoms with van der Waals surface area (Å²) in [5.41, 5.74) is 0.311. The van der Waals surface area contributed by atoms with E-state index in [1.54, 1.807) is 11.0 Å². The van der Waals surface area contributed by atoms with Crippen molar-refractivity contribution < 1.29 is 22.4 Å². The minimum absolute atomic E-state index is 0.107. The van der Waals surface area contributed by atoms with E-state index in [2.05, 4.69) is 5.32 Å². The van der Waals surface area contributed by atoms with E-state index >= 15 is 0 Å². The summed E-state index contributed by atoms with van der Waals surface area (Å²) in [5, 5.41) is 1.97. The molecular weight excluding hydrogens is 383 g/mol. The predicted molar refractivity (Wildman–Crippen MR) is 97.2 cm³/mol. The average Bonchev–Trinajstić information content (AvgIpc) is 2.60. The number of carbonyl (C=O) groups excluding carboxylic acids is 2. The zero-order valence-corrected chi connectivity index (χ0v) is 16.1. The molecule has 0 aliphatic carbocycles. The molecule has 1 saturated heterocycles. The van der Waals surface area contributed by atoms with Crippen LogP contribution in [-0.4, -0.2) is 56.3 Å². The zero-order chi connectivity index (χ0) is 19.3. The first kappa shape index (κ1) is 20.6. The fourth-order valence-electron chi connectivity index (χ4n) is 3.00. The third-order valence-electron chi connectivity index (χ3n) is 4.56. The minimum atomic E-state index is -3.53. The van der Waals surface area contributed by atoms with Crippen LogP contribution in [0.5, 0.6) is 0 Å². The molecule has 1 N–H and O–H groups in total. The highest BCUT2D eigenvalue weighted by molar-refractivity contribution is 7.92.